The van der Waals surface area contributed by atoms with E-state index in [4.69, 9.17) is 0 Å². The van der Waals surface area contributed by atoms with Crippen molar-refractivity contribution in [3.8, 4) is 0 Å². The first-order chi connectivity index (χ1) is 7.97. The van der Waals surface area contributed by atoms with Crippen molar-refractivity contribution in [1.29, 1.82) is 0 Å². The van der Waals surface area contributed by atoms with Crippen LogP contribution in [0.4, 0.5) is 0 Å². The molecule has 0 saturated carbocycles. The minimum absolute atomic E-state index is 0.0832. The molecule has 0 bridgehead atoms. The summed E-state index contributed by atoms with van der Waals surface area (Å²) < 4.78 is 24.9. The summed E-state index contributed by atoms with van der Waals surface area (Å²) >= 11 is 0. The number of nitrogens with zero attached hydrogens (tertiary/aromatic N) is 3. The van der Waals surface area contributed by atoms with Crippen LogP contribution in [0.2, 0.25) is 0 Å². The molecular formula is C9H16N4O3S. The van der Waals surface area contributed by atoms with Crippen LogP contribution in [0.15, 0.2) is 4.79 Å². The molecule has 1 aromatic heterocycles. The van der Waals surface area contributed by atoms with Crippen LogP contribution in [0, 0.1) is 0 Å². The van der Waals surface area contributed by atoms with Gasteiger partial charge in [-0.15, -0.1) is 0 Å². The van der Waals surface area contributed by atoms with Crippen molar-refractivity contribution in [3.05, 3.63) is 16.3 Å². The molecule has 1 aromatic rings. The van der Waals surface area contributed by atoms with Crippen molar-refractivity contribution in [2.75, 3.05) is 18.6 Å². The zero-order valence-electron chi connectivity index (χ0n) is 9.72. The van der Waals surface area contributed by atoms with Crippen molar-refractivity contribution in [2.45, 2.75) is 26.1 Å². The second kappa shape index (κ2) is 4.61. The van der Waals surface area contributed by atoms with E-state index >= 15 is 0 Å². The number of aromatic nitrogens is 3. The van der Waals surface area contributed by atoms with Crippen LogP contribution in [0.3, 0.4) is 0 Å². The molecule has 2 rings (SSSR count). The van der Waals surface area contributed by atoms with Crippen LogP contribution in [0.5, 0.6) is 0 Å². The third kappa shape index (κ3) is 2.95. The predicted molar refractivity (Wildman–Crippen MR) is 62.5 cm³/mol. The number of aryl methyl sites for hydroxylation is 1. The van der Waals surface area contributed by atoms with Crippen molar-refractivity contribution in [2.24, 2.45) is 0 Å². The van der Waals surface area contributed by atoms with E-state index in [-0.39, 0.29) is 11.4 Å². The lowest BCUT2D eigenvalue weighted by Crippen LogP contribution is -2.34. The molecule has 17 heavy (non-hydrogen) atoms. The van der Waals surface area contributed by atoms with Gasteiger partial charge >= 0.3 is 5.69 Å². The van der Waals surface area contributed by atoms with Crippen LogP contribution in [0.1, 0.15) is 12.2 Å². The Morgan fingerprint density at radius 3 is 2.88 bits per heavy atom. The molecule has 0 aromatic carbocycles. The van der Waals surface area contributed by atoms with Gasteiger partial charge in [0.1, 0.15) is 15.7 Å². The Kier molecular flexibility index (Phi) is 3.34. The molecule has 0 amide bonds. The average Bonchev–Trinajstić information content (AvgIpc) is 2.55. The van der Waals surface area contributed by atoms with E-state index in [0.29, 0.717) is 26.1 Å². The molecule has 2 heterocycles. The van der Waals surface area contributed by atoms with Gasteiger partial charge in [0, 0.05) is 25.9 Å². The Labute approximate surface area is 99.4 Å². The van der Waals surface area contributed by atoms with Gasteiger partial charge in [0.05, 0.1) is 12.3 Å². The summed E-state index contributed by atoms with van der Waals surface area (Å²) in [5.74, 6) is 0.806. The van der Waals surface area contributed by atoms with E-state index < -0.39 is 9.84 Å². The number of hydrogen-bond donors (Lipinski definition) is 1. The summed E-state index contributed by atoms with van der Waals surface area (Å²) in [7, 11) is -2.97. The van der Waals surface area contributed by atoms with Crippen LogP contribution in [0.25, 0.3) is 0 Å². The Bertz CT molecular complexity index is 557. The maximum atomic E-state index is 11.9. The summed E-state index contributed by atoms with van der Waals surface area (Å²) in [6.07, 6.45) is 1.61. The van der Waals surface area contributed by atoms with Crippen molar-refractivity contribution < 1.29 is 8.42 Å². The molecule has 1 aliphatic heterocycles. The van der Waals surface area contributed by atoms with Crippen molar-refractivity contribution in [3.63, 3.8) is 0 Å². The Morgan fingerprint density at radius 1 is 1.47 bits per heavy atom. The molecule has 0 saturated heterocycles. The SMILES string of the molecule is CS(=O)(=O)CCCn1nc2n(c1=O)CCNC2. The number of nitrogens with one attached hydrogen (secondary N) is 1. The monoisotopic (exact) mass is 260 g/mol. The molecule has 0 fully saturated rings. The van der Waals surface area contributed by atoms with E-state index in [1.165, 1.54) is 10.9 Å². The van der Waals surface area contributed by atoms with Crippen LogP contribution in [-0.4, -0.2) is 41.3 Å². The summed E-state index contributed by atoms with van der Waals surface area (Å²) in [4.78, 5) is 11.9. The van der Waals surface area contributed by atoms with Gasteiger partial charge in [0.25, 0.3) is 0 Å². The maximum Gasteiger partial charge on any atom is 0.345 e. The quantitative estimate of drug-likeness (QED) is 0.718. The van der Waals surface area contributed by atoms with E-state index in [0.717, 1.165) is 12.4 Å². The highest BCUT2D eigenvalue weighted by Gasteiger charge is 2.16. The minimum atomic E-state index is -2.97. The van der Waals surface area contributed by atoms with E-state index in [2.05, 4.69) is 10.4 Å². The van der Waals surface area contributed by atoms with Crippen molar-refractivity contribution >= 4 is 9.84 Å². The van der Waals surface area contributed by atoms with E-state index in [9.17, 15) is 13.2 Å². The molecule has 0 unspecified atom stereocenters. The number of hydrogen-bond acceptors (Lipinski definition) is 5. The van der Waals surface area contributed by atoms with Crippen LogP contribution < -0.4 is 11.0 Å². The van der Waals surface area contributed by atoms with Gasteiger partial charge in [0.2, 0.25) is 0 Å². The fourth-order valence-electron chi connectivity index (χ4n) is 1.85. The number of rotatable bonds is 4. The summed E-state index contributed by atoms with van der Waals surface area (Å²) in [6, 6.07) is 0. The summed E-state index contributed by atoms with van der Waals surface area (Å²) in [5, 5.41) is 7.31. The smallest absolute Gasteiger partial charge is 0.308 e. The van der Waals surface area contributed by atoms with Gasteiger partial charge in [-0.05, 0) is 6.42 Å². The Hall–Kier alpha value is -1.15. The highest BCUT2D eigenvalue weighted by Crippen LogP contribution is 1.99. The topological polar surface area (TPSA) is 86.0 Å². The fourth-order valence-corrected chi connectivity index (χ4v) is 2.51. The first-order valence-electron chi connectivity index (χ1n) is 5.52. The summed E-state index contributed by atoms with van der Waals surface area (Å²) in [5.41, 5.74) is -0.144. The average molecular weight is 260 g/mol. The zero-order chi connectivity index (χ0) is 12.5. The largest absolute Gasteiger partial charge is 0.345 e. The molecule has 1 N–H and O–H groups in total. The Balaban J connectivity index is 2.07. The molecular weight excluding hydrogens is 244 g/mol. The van der Waals surface area contributed by atoms with Crippen LogP contribution >= 0.6 is 0 Å². The molecule has 8 heteroatoms. The first-order valence-corrected chi connectivity index (χ1v) is 7.58. The van der Waals surface area contributed by atoms with E-state index in [1.807, 2.05) is 0 Å². The van der Waals surface area contributed by atoms with Crippen LogP contribution in [-0.2, 0) is 29.5 Å². The molecule has 0 aliphatic carbocycles. The third-order valence-corrected chi connectivity index (χ3v) is 3.71. The normalized spacial score (nSPS) is 15.8. The summed E-state index contributed by atoms with van der Waals surface area (Å²) in [6.45, 7) is 2.34. The van der Waals surface area contributed by atoms with Gasteiger partial charge in [-0.25, -0.2) is 17.9 Å². The van der Waals surface area contributed by atoms with E-state index in [1.54, 1.807) is 4.57 Å². The van der Waals surface area contributed by atoms with Gasteiger partial charge in [0.15, 0.2) is 0 Å². The Morgan fingerprint density at radius 2 is 2.24 bits per heavy atom. The van der Waals surface area contributed by atoms with Gasteiger partial charge < -0.3 is 5.32 Å². The second-order valence-electron chi connectivity index (χ2n) is 4.23. The second-order valence-corrected chi connectivity index (χ2v) is 6.49. The predicted octanol–water partition coefficient (Wildman–Crippen LogP) is -1.42. The molecule has 0 atom stereocenters. The maximum absolute atomic E-state index is 11.9. The lowest BCUT2D eigenvalue weighted by atomic mass is 10.4. The zero-order valence-corrected chi connectivity index (χ0v) is 10.5. The lowest BCUT2D eigenvalue weighted by Gasteiger charge is -2.11. The lowest BCUT2D eigenvalue weighted by molar-refractivity contribution is 0.496. The third-order valence-electron chi connectivity index (χ3n) is 2.68. The highest BCUT2D eigenvalue weighted by atomic mass is 32.2. The molecule has 7 nitrogen and oxygen atoms in total. The van der Waals surface area contributed by atoms with Gasteiger partial charge in [-0.2, -0.15) is 5.10 Å². The minimum Gasteiger partial charge on any atom is -0.308 e. The molecule has 96 valence electrons. The highest BCUT2D eigenvalue weighted by molar-refractivity contribution is 7.90. The van der Waals surface area contributed by atoms with Crippen molar-refractivity contribution in [1.82, 2.24) is 19.7 Å². The first kappa shape index (κ1) is 12.3. The standard InChI is InChI=1S/C9H16N4O3S/c1-17(15,16)6-2-4-13-9(14)12-5-3-10-7-8(12)11-13/h10H,2-7H2,1H3. The molecule has 0 spiro atoms. The number of fused-ring (bicyclic) bond motifs is 1. The van der Waals surface area contributed by atoms with Gasteiger partial charge in [-0.1, -0.05) is 0 Å². The fraction of sp³-hybridized carbons (Fsp3) is 0.778. The van der Waals surface area contributed by atoms with Gasteiger partial charge in [-0.3, -0.25) is 4.57 Å². The molecule has 1 aliphatic rings. The molecule has 0 radical (unpaired) electrons. The number of sulfone groups is 1.